The van der Waals surface area contributed by atoms with E-state index in [1.54, 1.807) is 6.92 Å². The summed E-state index contributed by atoms with van der Waals surface area (Å²) in [6, 6.07) is 0. The van der Waals surface area contributed by atoms with Gasteiger partial charge in [-0.25, -0.2) is 17.9 Å². The molecule has 1 heterocycles. The first-order valence-electron chi connectivity index (χ1n) is 5.76. The number of carbonyl (C=O) groups is 2. The molecule has 0 bridgehead atoms. The Morgan fingerprint density at radius 3 is 2.65 bits per heavy atom. The molecule has 1 rings (SSSR count). The van der Waals surface area contributed by atoms with Crippen LogP contribution in [0.15, 0.2) is 10.3 Å². The Morgan fingerprint density at radius 1 is 1.45 bits per heavy atom. The zero-order valence-electron chi connectivity index (χ0n) is 11.0. The van der Waals surface area contributed by atoms with Gasteiger partial charge in [-0.3, -0.25) is 4.79 Å². The number of carboxylic acids is 1. The van der Waals surface area contributed by atoms with Gasteiger partial charge in [-0.2, -0.15) is 0 Å². The van der Waals surface area contributed by atoms with Gasteiger partial charge in [-0.05, 0) is 24.8 Å². The van der Waals surface area contributed by atoms with Crippen LogP contribution in [0.5, 0.6) is 0 Å². The quantitative estimate of drug-likeness (QED) is 0.725. The Hall–Kier alpha value is -1.45. The lowest BCUT2D eigenvalue weighted by Crippen LogP contribution is -2.28. The number of hydrogen-bond donors (Lipinski definition) is 2. The van der Waals surface area contributed by atoms with E-state index in [0.29, 0.717) is 5.56 Å². The van der Waals surface area contributed by atoms with E-state index in [9.17, 15) is 18.0 Å². The Balaban J connectivity index is 2.82. The minimum atomic E-state index is -3.96. The van der Waals surface area contributed by atoms with Crippen molar-refractivity contribution in [2.24, 2.45) is 0 Å². The first-order valence-corrected chi connectivity index (χ1v) is 8.12. The van der Waals surface area contributed by atoms with Crippen LogP contribution in [-0.4, -0.2) is 38.6 Å². The number of carboxylic acid groups (broad SMARTS) is 1. The van der Waals surface area contributed by atoms with E-state index in [0.717, 1.165) is 11.3 Å². The smallest absolute Gasteiger partial charge is 0.347 e. The van der Waals surface area contributed by atoms with Crippen molar-refractivity contribution in [2.75, 3.05) is 13.2 Å². The Bertz CT molecular complexity index is 604. The van der Waals surface area contributed by atoms with Crippen molar-refractivity contribution in [1.29, 1.82) is 0 Å². The molecule has 0 saturated heterocycles. The van der Waals surface area contributed by atoms with Gasteiger partial charge >= 0.3 is 11.9 Å². The van der Waals surface area contributed by atoms with Crippen molar-refractivity contribution in [1.82, 2.24) is 4.72 Å². The first-order chi connectivity index (χ1) is 9.29. The topological polar surface area (TPSA) is 110 Å². The molecule has 20 heavy (non-hydrogen) atoms. The van der Waals surface area contributed by atoms with E-state index in [1.807, 2.05) is 0 Å². The lowest BCUT2D eigenvalue weighted by molar-refractivity contribution is -0.142. The summed E-state index contributed by atoms with van der Waals surface area (Å²) in [7, 11) is -3.96. The highest BCUT2D eigenvalue weighted by Gasteiger charge is 2.26. The highest BCUT2D eigenvalue weighted by Crippen LogP contribution is 2.26. The molecule has 9 heteroatoms. The molecular formula is C11H15NO6S2. The number of sulfonamides is 1. The maximum atomic E-state index is 12.1. The van der Waals surface area contributed by atoms with Crippen molar-refractivity contribution < 1.29 is 27.9 Å². The minimum absolute atomic E-state index is 0.112. The number of thiophene rings is 1. The number of aromatic carboxylic acids is 1. The second kappa shape index (κ2) is 6.82. The molecule has 0 aliphatic heterocycles. The van der Waals surface area contributed by atoms with Crippen LogP contribution < -0.4 is 4.72 Å². The highest BCUT2D eigenvalue weighted by molar-refractivity contribution is 7.89. The van der Waals surface area contributed by atoms with Crippen LogP contribution in [0.3, 0.4) is 0 Å². The third-order valence-corrected chi connectivity index (χ3v) is 5.17. The Labute approximate surface area is 120 Å². The van der Waals surface area contributed by atoms with Gasteiger partial charge in [0.2, 0.25) is 10.0 Å². The molecule has 2 N–H and O–H groups in total. The molecule has 0 aliphatic carbocycles. The molecule has 0 aromatic carbocycles. The zero-order valence-corrected chi connectivity index (χ0v) is 12.6. The van der Waals surface area contributed by atoms with Crippen LogP contribution in [0.4, 0.5) is 0 Å². The van der Waals surface area contributed by atoms with Crippen LogP contribution >= 0.6 is 11.3 Å². The van der Waals surface area contributed by atoms with Gasteiger partial charge in [-0.15, -0.1) is 11.3 Å². The molecule has 0 radical (unpaired) electrons. The van der Waals surface area contributed by atoms with E-state index < -0.39 is 22.0 Å². The maximum Gasteiger partial charge on any atom is 0.347 e. The van der Waals surface area contributed by atoms with Crippen molar-refractivity contribution in [3.05, 3.63) is 15.8 Å². The molecule has 1 aromatic heterocycles. The lowest BCUT2D eigenvalue weighted by Gasteiger charge is -2.07. The summed E-state index contributed by atoms with van der Waals surface area (Å²) in [5.74, 6) is -1.82. The third kappa shape index (κ3) is 4.02. The fourth-order valence-electron chi connectivity index (χ4n) is 1.51. The molecule has 7 nitrogen and oxygen atoms in total. The van der Waals surface area contributed by atoms with Crippen molar-refractivity contribution in [2.45, 2.75) is 25.2 Å². The summed E-state index contributed by atoms with van der Waals surface area (Å²) in [5.41, 5.74) is 0.357. The molecule has 0 fully saturated rings. The van der Waals surface area contributed by atoms with E-state index in [1.165, 1.54) is 12.3 Å². The minimum Gasteiger partial charge on any atom is -0.477 e. The first kappa shape index (κ1) is 16.6. The summed E-state index contributed by atoms with van der Waals surface area (Å²) >= 11 is 0.849. The molecule has 0 spiro atoms. The lowest BCUT2D eigenvalue weighted by atomic mass is 10.3. The van der Waals surface area contributed by atoms with E-state index in [-0.39, 0.29) is 29.3 Å². The highest BCUT2D eigenvalue weighted by atomic mass is 32.2. The van der Waals surface area contributed by atoms with Crippen molar-refractivity contribution in [3.63, 3.8) is 0 Å². The monoisotopic (exact) mass is 321 g/mol. The van der Waals surface area contributed by atoms with Crippen LogP contribution in [0.1, 0.15) is 28.6 Å². The number of aryl methyl sites for hydroxylation is 1. The molecular weight excluding hydrogens is 306 g/mol. The molecule has 0 unspecified atom stereocenters. The van der Waals surface area contributed by atoms with Gasteiger partial charge in [0.25, 0.3) is 0 Å². The fraction of sp³-hybridized carbons (Fsp3) is 0.455. The SMILES string of the molecule is CCOC(=O)CCNS(=O)(=O)c1c(C)csc1C(=O)O. The summed E-state index contributed by atoms with van der Waals surface area (Å²) in [4.78, 5) is 21.6. The average Bonchev–Trinajstić information content (AvgIpc) is 2.72. The normalized spacial score (nSPS) is 11.3. The van der Waals surface area contributed by atoms with Gasteiger partial charge < -0.3 is 9.84 Å². The van der Waals surface area contributed by atoms with Crippen molar-refractivity contribution in [3.8, 4) is 0 Å². The van der Waals surface area contributed by atoms with E-state index in [2.05, 4.69) is 9.46 Å². The van der Waals surface area contributed by atoms with E-state index in [4.69, 9.17) is 5.11 Å². The summed E-state index contributed by atoms with van der Waals surface area (Å²) in [6.45, 7) is 3.24. The predicted octanol–water partition coefficient (Wildman–Crippen LogP) is 0.986. The number of nitrogens with one attached hydrogen (secondary N) is 1. The second-order valence-corrected chi connectivity index (χ2v) is 6.42. The molecule has 0 aliphatic rings. The van der Waals surface area contributed by atoms with Gasteiger partial charge in [0.1, 0.15) is 9.77 Å². The Morgan fingerprint density at radius 2 is 2.10 bits per heavy atom. The number of ether oxygens (including phenoxy) is 1. The van der Waals surface area contributed by atoms with Gasteiger partial charge in [0.05, 0.1) is 13.0 Å². The fourth-order valence-corrected chi connectivity index (χ4v) is 4.17. The van der Waals surface area contributed by atoms with Gasteiger partial charge in [-0.1, -0.05) is 0 Å². The predicted molar refractivity (Wildman–Crippen MR) is 72.5 cm³/mol. The zero-order chi connectivity index (χ0) is 15.3. The molecule has 0 amide bonds. The summed E-state index contributed by atoms with van der Waals surface area (Å²) < 4.78 is 31.0. The summed E-state index contributed by atoms with van der Waals surface area (Å²) in [6.07, 6.45) is -0.112. The maximum absolute atomic E-state index is 12.1. The van der Waals surface area contributed by atoms with Crippen molar-refractivity contribution >= 4 is 33.3 Å². The molecule has 1 aromatic rings. The third-order valence-electron chi connectivity index (χ3n) is 2.31. The molecule has 0 atom stereocenters. The van der Waals surface area contributed by atoms with Crippen LogP contribution in [-0.2, 0) is 19.6 Å². The summed E-state index contributed by atoms with van der Waals surface area (Å²) in [5, 5.41) is 10.4. The van der Waals surface area contributed by atoms with E-state index >= 15 is 0 Å². The Kier molecular flexibility index (Phi) is 5.66. The van der Waals surface area contributed by atoms with Crippen LogP contribution in [0.25, 0.3) is 0 Å². The second-order valence-electron chi connectivity index (χ2n) is 3.83. The largest absolute Gasteiger partial charge is 0.477 e. The standard InChI is InChI=1S/C11H15NO6S2/c1-3-18-8(13)4-5-12-20(16,17)10-7(2)6-19-9(10)11(14)15/h6,12H,3-5H2,1-2H3,(H,14,15). The average molecular weight is 321 g/mol. The number of hydrogen-bond acceptors (Lipinski definition) is 6. The molecule has 0 saturated carbocycles. The van der Waals surface area contributed by atoms with Crippen LogP contribution in [0.2, 0.25) is 0 Å². The van der Waals surface area contributed by atoms with Gasteiger partial charge in [0.15, 0.2) is 0 Å². The van der Waals surface area contributed by atoms with Gasteiger partial charge in [0, 0.05) is 6.54 Å². The number of carbonyl (C=O) groups excluding carboxylic acids is 1. The molecule has 112 valence electrons. The van der Waals surface area contributed by atoms with Crippen LogP contribution in [0, 0.1) is 6.92 Å². The number of rotatable bonds is 7. The number of esters is 1.